The van der Waals surface area contributed by atoms with Crippen molar-refractivity contribution in [3.05, 3.63) is 59.9 Å². The Bertz CT molecular complexity index is 489. The summed E-state index contributed by atoms with van der Waals surface area (Å²) < 4.78 is 5.72. The van der Waals surface area contributed by atoms with Crippen molar-refractivity contribution in [2.75, 3.05) is 13.2 Å². The van der Waals surface area contributed by atoms with Crippen LogP contribution in [0.5, 0.6) is 5.75 Å². The van der Waals surface area contributed by atoms with Crippen molar-refractivity contribution < 1.29 is 9.84 Å². The van der Waals surface area contributed by atoms with Crippen molar-refractivity contribution in [1.29, 1.82) is 0 Å². The van der Waals surface area contributed by atoms with E-state index in [-0.39, 0.29) is 6.61 Å². The molecule has 0 aliphatic carbocycles. The molecule has 0 spiro atoms. The van der Waals surface area contributed by atoms with Gasteiger partial charge in [-0.25, -0.2) is 0 Å². The van der Waals surface area contributed by atoms with Crippen LogP contribution in [-0.4, -0.2) is 23.2 Å². The zero-order valence-corrected chi connectivity index (χ0v) is 10.7. The van der Waals surface area contributed by atoms with Gasteiger partial charge in [0.1, 0.15) is 12.4 Å². The third-order valence-corrected chi connectivity index (χ3v) is 2.63. The second-order valence-electron chi connectivity index (χ2n) is 4.16. The van der Waals surface area contributed by atoms with E-state index >= 15 is 0 Å². The number of nitrogens with one attached hydrogen (secondary N) is 1. The quantitative estimate of drug-likeness (QED) is 0.743. The summed E-state index contributed by atoms with van der Waals surface area (Å²) in [4.78, 5) is 4.24. The summed E-state index contributed by atoms with van der Waals surface area (Å²) in [5.74, 6) is 0.805. The summed E-state index contributed by atoms with van der Waals surface area (Å²) in [7, 11) is 0. The topological polar surface area (TPSA) is 54.4 Å². The van der Waals surface area contributed by atoms with Gasteiger partial charge in [-0.3, -0.25) is 4.98 Å². The maximum Gasteiger partial charge on any atom is 0.123 e. The fraction of sp³-hybridized carbons (Fsp3) is 0.267. The number of ether oxygens (including phenoxy) is 1. The molecule has 0 bridgehead atoms. The summed E-state index contributed by atoms with van der Waals surface area (Å²) in [5.41, 5.74) is 2.04. The summed E-state index contributed by atoms with van der Waals surface area (Å²) in [5, 5.41) is 11.8. The molecule has 1 aromatic carbocycles. The molecule has 2 aromatic rings. The van der Waals surface area contributed by atoms with Crippen molar-refractivity contribution in [3.8, 4) is 5.75 Å². The molecule has 0 unspecified atom stereocenters. The third kappa shape index (κ3) is 4.69. The van der Waals surface area contributed by atoms with Gasteiger partial charge in [-0.1, -0.05) is 30.3 Å². The monoisotopic (exact) mass is 258 g/mol. The lowest BCUT2D eigenvalue weighted by Crippen LogP contribution is -2.18. The SMILES string of the molecule is OCCNCc1cc(OCc2ccccc2)ccn1. The molecule has 0 fully saturated rings. The minimum absolute atomic E-state index is 0.129. The van der Waals surface area contributed by atoms with Crippen LogP contribution >= 0.6 is 0 Å². The molecule has 0 radical (unpaired) electrons. The van der Waals surface area contributed by atoms with Gasteiger partial charge in [-0.05, 0) is 11.6 Å². The van der Waals surface area contributed by atoms with Crippen LogP contribution < -0.4 is 10.1 Å². The zero-order chi connectivity index (χ0) is 13.3. The number of aliphatic hydroxyl groups is 1. The Balaban J connectivity index is 1.88. The van der Waals surface area contributed by atoms with Crippen LogP contribution in [0.4, 0.5) is 0 Å². The molecule has 2 N–H and O–H groups in total. The van der Waals surface area contributed by atoms with Gasteiger partial charge in [0.2, 0.25) is 0 Å². The van der Waals surface area contributed by atoms with Crippen LogP contribution in [0, 0.1) is 0 Å². The number of aliphatic hydroxyl groups excluding tert-OH is 1. The molecule has 0 atom stereocenters. The maximum absolute atomic E-state index is 8.70. The fourth-order valence-electron chi connectivity index (χ4n) is 1.68. The smallest absolute Gasteiger partial charge is 0.123 e. The molecule has 1 heterocycles. The second kappa shape index (κ2) is 7.51. The standard InChI is InChI=1S/C15H18N2O2/c18-9-8-16-11-14-10-15(6-7-17-14)19-12-13-4-2-1-3-5-13/h1-7,10,16,18H,8-9,11-12H2. The maximum atomic E-state index is 8.70. The molecular weight excluding hydrogens is 240 g/mol. The lowest BCUT2D eigenvalue weighted by Gasteiger charge is -2.08. The molecule has 4 heteroatoms. The number of nitrogens with zero attached hydrogens (tertiary/aromatic N) is 1. The molecule has 2 rings (SSSR count). The summed E-state index contributed by atoms with van der Waals surface area (Å²) >= 11 is 0. The highest BCUT2D eigenvalue weighted by atomic mass is 16.5. The van der Waals surface area contributed by atoms with Gasteiger partial charge >= 0.3 is 0 Å². The highest BCUT2D eigenvalue weighted by molar-refractivity contribution is 5.23. The van der Waals surface area contributed by atoms with Crippen molar-refractivity contribution in [2.45, 2.75) is 13.2 Å². The van der Waals surface area contributed by atoms with E-state index in [1.165, 1.54) is 0 Å². The molecular formula is C15H18N2O2. The van der Waals surface area contributed by atoms with Gasteiger partial charge in [-0.15, -0.1) is 0 Å². The average molecular weight is 258 g/mol. The molecule has 4 nitrogen and oxygen atoms in total. The molecule has 19 heavy (non-hydrogen) atoms. The Hall–Kier alpha value is -1.91. The number of hydrogen-bond donors (Lipinski definition) is 2. The lowest BCUT2D eigenvalue weighted by atomic mass is 10.2. The van der Waals surface area contributed by atoms with Gasteiger partial charge in [0.15, 0.2) is 0 Å². The lowest BCUT2D eigenvalue weighted by molar-refractivity contribution is 0.291. The van der Waals surface area contributed by atoms with E-state index in [4.69, 9.17) is 9.84 Å². The van der Waals surface area contributed by atoms with Crippen LogP contribution in [0.25, 0.3) is 0 Å². The summed E-state index contributed by atoms with van der Waals surface area (Å²) in [6.45, 7) is 1.87. The van der Waals surface area contributed by atoms with Crippen LogP contribution in [0.2, 0.25) is 0 Å². The van der Waals surface area contributed by atoms with Crippen LogP contribution in [0.1, 0.15) is 11.3 Å². The van der Waals surface area contributed by atoms with Crippen LogP contribution in [0.3, 0.4) is 0 Å². The van der Waals surface area contributed by atoms with Gasteiger partial charge in [-0.2, -0.15) is 0 Å². The molecule has 0 aliphatic heterocycles. The highest BCUT2D eigenvalue weighted by Crippen LogP contribution is 2.13. The van der Waals surface area contributed by atoms with Gasteiger partial charge in [0.05, 0.1) is 12.3 Å². The van der Waals surface area contributed by atoms with Crippen molar-refractivity contribution >= 4 is 0 Å². The second-order valence-corrected chi connectivity index (χ2v) is 4.16. The zero-order valence-electron chi connectivity index (χ0n) is 10.7. The Morgan fingerprint density at radius 2 is 2.00 bits per heavy atom. The molecule has 1 aromatic heterocycles. The number of pyridine rings is 1. The van der Waals surface area contributed by atoms with Crippen LogP contribution in [0.15, 0.2) is 48.7 Å². The van der Waals surface area contributed by atoms with E-state index in [0.717, 1.165) is 17.0 Å². The molecule has 0 saturated heterocycles. The van der Waals surface area contributed by atoms with Crippen LogP contribution in [-0.2, 0) is 13.2 Å². The average Bonchev–Trinajstić information content (AvgIpc) is 2.47. The predicted octanol–water partition coefficient (Wildman–Crippen LogP) is 1.74. The third-order valence-electron chi connectivity index (χ3n) is 2.63. The van der Waals surface area contributed by atoms with E-state index in [2.05, 4.69) is 10.3 Å². The Morgan fingerprint density at radius 1 is 1.16 bits per heavy atom. The first-order chi connectivity index (χ1) is 9.38. The van der Waals surface area contributed by atoms with Gasteiger partial charge in [0, 0.05) is 25.4 Å². The van der Waals surface area contributed by atoms with E-state index in [1.807, 2.05) is 42.5 Å². The number of aromatic nitrogens is 1. The van der Waals surface area contributed by atoms with Crippen molar-refractivity contribution in [1.82, 2.24) is 10.3 Å². The Kier molecular flexibility index (Phi) is 5.34. The Labute approximate surface area is 113 Å². The molecule has 100 valence electrons. The van der Waals surface area contributed by atoms with Gasteiger partial charge in [0.25, 0.3) is 0 Å². The summed E-state index contributed by atoms with van der Waals surface area (Å²) in [6, 6.07) is 13.8. The van der Waals surface area contributed by atoms with E-state index in [0.29, 0.717) is 19.7 Å². The number of rotatable bonds is 7. The number of benzene rings is 1. The normalized spacial score (nSPS) is 10.4. The van der Waals surface area contributed by atoms with E-state index in [9.17, 15) is 0 Å². The van der Waals surface area contributed by atoms with E-state index < -0.39 is 0 Å². The first kappa shape index (κ1) is 13.5. The fourth-order valence-corrected chi connectivity index (χ4v) is 1.68. The molecule has 0 amide bonds. The predicted molar refractivity (Wildman–Crippen MR) is 73.8 cm³/mol. The van der Waals surface area contributed by atoms with Crippen molar-refractivity contribution in [3.63, 3.8) is 0 Å². The number of hydrogen-bond acceptors (Lipinski definition) is 4. The highest BCUT2D eigenvalue weighted by Gasteiger charge is 1.99. The molecule has 0 saturated carbocycles. The molecule has 0 aliphatic rings. The van der Waals surface area contributed by atoms with Gasteiger partial charge < -0.3 is 15.2 Å². The minimum atomic E-state index is 0.129. The minimum Gasteiger partial charge on any atom is -0.489 e. The first-order valence-corrected chi connectivity index (χ1v) is 6.32. The first-order valence-electron chi connectivity index (χ1n) is 6.32. The Morgan fingerprint density at radius 3 is 2.79 bits per heavy atom. The largest absolute Gasteiger partial charge is 0.489 e. The summed E-state index contributed by atoms with van der Waals surface area (Å²) in [6.07, 6.45) is 1.73. The van der Waals surface area contributed by atoms with E-state index in [1.54, 1.807) is 6.20 Å². The van der Waals surface area contributed by atoms with Crippen molar-refractivity contribution in [2.24, 2.45) is 0 Å².